The number of hydrogen-bond donors (Lipinski definition) is 2. The number of hydrogen-bond acceptors (Lipinski definition) is 3. The van der Waals surface area contributed by atoms with Crippen LogP contribution in [0.4, 0.5) is 13.6 Å². The summed E-state index contributed by atoms with van der Waals surface area (Å²) >= 11 is 0. The first-order valence-corrected chi connectivity index (χ1v) is 11.6. The number of urea groups is 1. The van der Waals surface area contributed by atoms with Gasteiger partial charge in [0.25, 0.3) is 5.91 Å². The van der Waals surface area contributed by atoms with Crippen molar-refractivity contribution in [1.29, 1.82) is 0 Å². The monoisotopic (exact) mass is 455 g/mol. The van der Waals surface area contributed by atoms with Gasteiger partial charge in [-0.1, -0.05) is 12.1 Å². The van der Waals surface area contributed by atoms with E-state index in [0.717, 1.165) is 19.3 Å². The Morgan fingerprint density at radius 2 is 1.82 bits per heavy atom. The molecular weight excluding hydrogens is 428 g/mol. The SMILES string of the molecule is NC(=O)c1c(-c2cccc(F)c2)nn2c1C(C13CC4CC(CC(F)(C4)C1)C3)N(C(N)=O)CC2. The van der Waals surface area contributed by atoms with E-state index in [0.29, 0.717) is 43.6 Å². The number of fused-ring (bicyclic) bond motifs is 1. The first kappa shape index (κ1) is 20.6. The predicted molar refractivity (Wildman–Crippen MR) is 116 cm³/mol. The van der Waals surface area contributed by atoms with Crippen molar-refractivity contribution in [2.45, 2.75) is 56.8 Å². The summed E-state index contributed by atoms with van der Waals surface area (Å²) < 4.78 is 31.6. The van der Waals surface area contributed by atoms with Crippen LogP contribution in [0.15, 0.2) is 24.3 Å². The van der Waals surface area contributed by atoms with Crippen LogP contribution in [0.25, 0.3) is 11.3 Å². The summed E-state index contributed by atoms with van der Waals surface area (Å²) in [4.78, 5) is 27.0. The van der Waals surface area contributed by atoms with Gasteiger partial charge in [-0.25, -0.2) is 13.6 Å². The largest absolute Gasteiger partial charge is 0.365 e. The third-order valence-electron chi connectivity index (χ3n) is 8.36. The lowest BCUT2D eigenvalue weighted by molar-refractivity contribution is -0.153. The molecule has 9 heteroatoms. The zero-order chi connectivity index (χ0) is 23.1. The van der Waals surface area contributed by atoms with Crippen LogP contribution < -0.4 is 11.5 Å². The maximum absolute atomic E-state index is 15.9. The number of halogens is 2. The molecule has 7 rings (SSSR count). The fourth-order valence-electron chi connectivity index (χ4n) is 7.88. The summed E-state index contributed by atoms with van der Waals surface area (Å²) in [5.74, 6) is -0.649. The van der Waals surface area contributed by atoms with Crippen molar-refractivity contribution in [3.05, 3.63) is 41.3 Å². The van der Waals surface area contributed by atoms with Gasteiger partial charge in [0, 0.05) is 17.5 Å². The maximum atomic E-state index is 15.9. The summed E-state index contributed by atoms with van der Waals surface area (Å²) in [5.41, 5.74) is 11.3. The van der Waals surface area contributed by atoms with E-state index < -0.39 is 34.9 Å². The molecule has 3 amide bonds. The van der Waals surface area contributed by atoms with E-state index in [2.05, 4.69) is 5.10 Å². The molecule has 5 aliphatic rings. The number of benzene rings is 1. The van der Waals surface area contributed by atoms with Gasteiger partial charge >= 0.3 is 6.03 Å². The molecule has 3 unspecified atom stereocenters. The van der Waals surface area contributed by atoms with Crippen LogP contribution in [-0.4, -0.2) is 38.8 Å². The Morgan fingerprint density at radius 3 is 2.42 bits per heavy atom. The van der Waals surface area contributed by atoms with Gasteiger partial charge in [-0.2, -0.15) is 5.10 Å². The molecule has 1 aliphatic heterocycles. The number of amides is 3. The Balaban J connectivity index is 1.57. The molecule has 2 heterocycles. The van der Waals surface area contributed by atoms with Crippen LogP contribution in [0.5, 0.6) is 0 Å². The van der Waals surface area contributed by atoms with Crippen LogP contribution in [-0.2, 0) is 6.54 Å². The van der Waals surface area contributed by atoms with Gasteiger partial charge < -0.3 is 16.4 Å². The zero-order valence-electron chi connectivity index (χ0n) is 18.3. The molecule has 4 aliphatic carbocycles. The van der Waals surface area contributed by atoms with Gasteiger partial charge in [-0.3, -0.25) is 9.48 Å². The molecule has 1 aromatic carbocycles. The molecule has 4 fully saturated rings. The Kier molecular flexibility index (Phi) is 4.23. The molecule has 4 saturated carbocycles. The minimum Gasteiger partial charge on any atom is -0.365 e. The number of carbonyl (C=O) groups excluding carboxylic acids is 2. The van der Waals surface area contributed by atoms with Gasteiger partial charge in [0.2, 0.25) is 0 Å². The maximum Gasteiger partial charge on any atom is 0.315 e. The molecule has 33 heavy (non-hydrogen) atoms. The van der Waals surface area contributed by atoms with Crippen LogP contribution >= 0.6 is 0 Å². The zero-order valence-corrected chi connectivity index (χ0v) is 18.3. The number of nitrogens with two attached hydrogens (primary N) is 2. The molecule has 174 valence electrons. The Morgan fingerprint density at radius 1 is 1.09 bits per heavy atom. The number of alkyl halides is 1. The van der Waals surface area contributed by atoms with E-state index in [-0.39, 0.29) is 23.1 Å². The van der Waals surface area contributed by atoms with Crippen LogP contribution in [0, 0.1) is 23.1 Å². The molecule has 3 atom stereocenters. The van der Waals surface area contributed by atoms with E-state index in [1.807, 2.05) is 0 Å². The normalized spacial score (nSPS) is 34.4. The van der Waals surface area contributed by atoms with Crippen molar-refractivity contribution in [3.63, 3.8) is 0 Å². The smallest absolute Gasteiger partial charge is 0.315 e. The number of aromatic nitrogens is 2. The van der Waals surface area contributed by atoms with Crippen molar-refractivity contribution < 1.29 is 18.4 Å². The molecule has 0 radical (unpaired) electrons. The highest BCUT2D eigenvalue weighted by atomic mass is 19.1. The van der Waals surface area contributed by atoms with Gasteiger partial charge in [0.15, 0.2) is 0 Å². The van der Waals surface area contributed by atoms with Crippen LogP contribution in [0.2, 0.25) is 0 Å². The van der Waals surface area contributed by atoms with Crippen molar-refractivity contribution in [2.24, 2.45) is 28.7 Å². The molecule has 0 saturated heterocycles. The standard InChI is InChI=1S/C24H27F2N5O2/c25-16-3-1-2-15(7-16)18-17(21(27)32)19-20(30(22(28)33)4-5-31(19)29-18)23-8-13-6-14(9-23)11-24(26,10-13)12-23/h1-3,7,13-14,20H,4-6,8-12H2,(H2,27,32)(H2,28,33). The lowest BCUT2D eigenvalue weighted by atomic mass is 9.46. The molecule has 7 nitrogen and oxygen atoms in total. The fourth-order valence-corrected chi connectivity index (χ4v) is 7.88. The van der Waals surface area contributed by atoms with E-state index in [9.17, 15) is 14.0 Å². The van der Waals surface area contributed by atoms with Gasteiger partial charge in [-0.15, -0.1) is 0 Å². The molecular formula is C24H27F2N5O2. The van der Waals surface area contributed by atoms with E-state index >= 15 is 4.39 Å². The topological polar surface area (TPSA) is 107 Å². The molecule has 1 aromatic heterocycles. The van der Waals surface area contributed by atoms with Gasteiger partial charge in [0.1, 0.15) is 17.2 Å². The second-order valence-electron chi connectivity index (χ2n) is 10.6. The van der Waals surface area contributed by atoms with Crippen molar-refractivity contribution in [2.75, 3.05) is 6.54 Å². The predicted octanol–water partition coefficient (Wildman–Crippen LogP) is 3.53. The molecule has 2 aromatic rings. The van der Waals surface area contributed by atoms with Crippen LogP contribution in [0.1, 0.15) is 60.6 Å². The lowest BCUT2D eigenvalue weighted by Crippen LogP contribution is -2.60. The summed E-state index contributed by atoms with van der Waals surface area (Å²) in [6.07, 6.45) is 4.02. The number of nitrogens with zero attached hydrogens (tertiary/aromatic N) is 3. The molecule has 0 spiro atoms. The van der Waals surface area contributed by atoms with Crippen LogP contribution in [0.3, 0.4) is 0 Å². The second kappa shape index (κ2) is 6.77. The summed E-state index contributed by atoms with van der Waals surface area (Å²) in [6.45, 7) is 0.639. The minimum atomic E-state index is -1.26. The number of primary amides is 2. The third-order valence-corrected chi connectivity index (χ3v) is 8.36. The second-order valence-corrected chi connectivity index (χ2v) is 10.6. The first-order valence-electron chi connectivity index (χ1n) is 11.6. The lowest BCUT2D eigenvalue weighted by Gasteiger charge is -2.63. The van der Waals surface area contributed by atoms with Crippen molar-refractivity contribution >= 4 is 11.9 Å². The van der Waals surface area contributed by atoms with E-state index in [1.54, 1.807) is 21.7 Å². The summed E-state index contributed by atoms with van der Waals surface area (Å²) in [7, 11) is 0. The number of rotatable bonds is 3. The van der Waals surface area contributed by atoms with Crippen molar-refractivity contribution in [1.82, 2.24) is 14.7 Å². The first-order chi connectivity index (χ1) is 15.7. The van der Waals surface area contributed by atoms with E-state index in [1.165, 1.54) is 12.1 Å². The quantitative estimate of drug-likeness (QED) is 0.739. The van der Waals surface area contributed by atoms with Gasteiger partial charge in [-0.05, 0) is 62.5 Å². The molecule has 4 bridgehead atoms. The minimum absolute atomic E-state index is 0.167. The van der Waals surface area contributed by atoms with Gasteiger partial charge in [0.05, 0.1) is 23.8 Å². The highest BCUT2D eigenvalue weighted by Crippen LogP contribution is 2.68. The molecule has 4 N–H and O–H groups in total. The third kappa shape index (κ3) is 3.00. The Hall–Kier alpha value is -2.97. The summed E-state index contributed by atoms with van der Waals surface area (Å²) in [5, 5.41) is 4.65. The van der Waals surface area contributed by atoms with Crippen molar-refractivity contribution in [3.8, 4) is 11.3 Å². The highest BCUT2D eigenvalue weighted by molar-refractivity contribution is 6.00. The Labute approximate surface area is 190 Å². The summed E-state index contributed by atoms with van der Waals surface area (Å²) in [6, 6.07) is 4.65. The van der Waals surface area contributed by atoms with E-state index in [4.69, 9.17) is 11.5 Å². The fraction of sp³-hybridized carbons (Fsp3) is 0.542. The Bertz CT molecular complexity index is 1160. The average Bonchev–Trinajstić information content (AvgIpc) is 3.11. The average molecular weight is 456 g/mol. The number of carbonyl (C=O) groups is 2. The highest BCUT2D eigenvalue weighted by Gasteiger charge is 2.63.